The van der Waals surface area contributed by atoms with Crippen molar-refractivity contribution in [3.8, 4) is 0 Å². The molecule has 2 aliphatic rings. The maximum Gasteiger partial charge on any atom is 0.390 e. The zero-order valence-electron chi connectivity index (χ0n) is 11.6. The molecule has 3 rings (SSSR count). The molecule has 0 aliphatic carbocycles. The highest BCUT2D eigenvalue weighted by Crippen LogP contribution is 2.22. The first kappa shape index (κ1) is 16.8. The molecule has 1 aromatic rings. The Balaban J connectivity index is 0.000000282. The minimum Gasteiger partial charge on any atom is -0.726 e. The van der Waals surface area contributed by atoms with Crippen molar-refractivity contribution in [1.82, 2.24) is 9.56 Å². The van der Waals surface area contributed by atoms with Crippen LogP contribution in [0.5, 0.6) is 0 Å². The van der Waals surface area contributed by atoms with Gasteiger partial charge in [-0.25, -0.2) is 13.0 Å². The zero-order chi connectivity index (χ0) is 15.3. The standard InChI is InChI=1S/C11H18N3S2.H2O4S/c1-2-6-13(7-3-1)10-12-11(16-15-10)14-8-4-5-9-14;1-5(2,3)4/h1-9H2;(H2,1,2,3,4)/q+1;/p-1. The van der Waals surface area contributed by atoms with Crippen LogP contribution in [-0.2, 0) is 10.4 Å². The molecule has 2 aliphatic heterocycles. The minimum atomic E-state index is -4.92. The molecule has 21 heavy (non-hydrogen) atoms. The molecule has 120 valence electrons. The molecule has 3 heterocycles. The Morgan fingerprint density at radius 3 is 2.24 bits per heavy atom. The van der Waals surface area contributed by atoms with Crippen molar-refractivity contribution < 1.29 is 17.5 Å². The Hall–Kier alpha value is -0.550. The summed E-state index contributed by atoms with van der Waals surface area (Å²) in [6.45, 7) is 4.83. The highest BCUT2D eigenvalue weighted by molar-refractivity contribution is 7.79. The van der Waals surface area contributed by atoms with E-state index >= 15 is 0 Å². The first-order valence-electron chi connectivity index (χ1n) is 6.92. The summed E-state index contributed by atoms with van der Waals surface area (Å²) in [4.78, 5) is 8.50. The van der Waals surface area contributed by atoms with Crippen molar-refractivity contribution in [3.05, 3.63) is 4.80 Å². The molecule has 0 radical (unpaired) electrons. The molecule has 0 aromatic carbocycles. The second kappa shape index (κ2) is 7.63. The largest absolute Gasteiger partial charge is 0.726 e. The van der Waals surface area contributed by atoms with Crippen LogP contribution in [0.4, 0.5) is 5.13 Å². The minimum absolute atomic E-state index is 1.21. The van der Waals surface area contributed by atoms with Crippen LogP contribution in [0.15, 0.2) is 0 Å². The topological polar surface area (TPSA) is 96.6 Å². The Labute approximate surface area is 131 Å². The van der Waals surface area contributed by atoms with Gasteiger partial charge >= 0.3 is 9.93 Å². The average Bonchev–Trinajstić information content (AvgIpc) is 3.09. The highest BCUT2D eigenvalue weighted by atomic mass is 32.9. The van der Waals surface area contributed by atoms with E-state index in [1.807, 2.05) is 20.7 Å². The van der Waals surface area contributed by atoms with Crippen molar-refractivity contribution in [2.24, 2.45) is 0 Å². The predicted octanol–water partition coefficient (Wildman–Crippen LogP) is 0.765. The average molecular weight is 353 g/mol. The predicted molar refractivity (Wildman–Crippen MR) is 82.6 cm³/mol. The first-order valence-corrected chi connectivity index (χ1v) is 10.4. The summed E-state index contributed by atoms with van der Waals surface area (Å²) < 4.78 is 35.3. The number of aromatic nitrogens is 1. The number of piperidine rings is 1. The van der Waals surface area contributed by atoms with Crippen LogP contribution in [0.1, 0.15) is 32.1 Å². The van der Waals surface area contributed by atoms with Crippen LogP contribution in [0, 0.1) is 0 Å². The summed E-state index contributed by atoms with van der Waals surface area (Å²) in [6, 6.07) is 0. The molecule has 7 nitrogen and oxygen atoms in total. The van der Waals surface area contributed by atoms with E-state index in [1.54, 1.807) is 0 Å². The number of rotatable bonds is 1. The summed E-state index contributed by atoms with van der Waals surface area (Å²) >= 11 is 0. The fraction of sp³-hybridized carbons (Fsp3) is 0.818. The molecule has 2 fully saturated rings. The smallest absolute Gasteiger partial charge is 0.390 e. The number of hydrogen-bond donors (Lipinski definition) is 1. The van der Waals surface area contributed by atoms with Gasteiger partial charge in [0.15, 0.2) is 0 Å². The fourth-order valence-electron chi connectivity index (χ4n) is 2.43. The molecule has 0 saturated carbocycles. The Kier molecular flexibility index (Phi) is 6.11. The van der Waals surface area contributed by atoms with Gasteiger partial charge in [-0.3, -0.25) is 4.55 Å². The SMILES string of the molecule is C1CC[N+](=c2nc(N3CCCC3)ss2)CC1.O=S(=O)([O-])O. The molecule has 10 heteroatoms. The summed E-state index contributed by atoms with van der Waals surface area (Å²) in [6.07, 6.45) is 6.74. The van der Waals surface area contributed by atoms with Gasteiger partial charge in [0.05, 0.1) is 13.1 Å². The van der Waals surface area contributed by atoms with Crippen molar-refractivity contribution in [1.29, 1.82) is 0 Å². The van der Waals surface area contributed by atoms with Gasteiger partial charge in [0.2, 0.25) is 10.4 Å². The van der Waals surface area contributed by atoms with Crippen LogP contribution < -0.4 is 14.3 Å². The third kappa shape index (κ3) is 5.99. The van der Waals surface area contributed by atoms with Gasteiger partial charge < -0.3 is 9.45 Å². The summed E-state index contributed by atoms with van der Waals surface area (Å²) in [5.41, 5.74) is 0. The molecule has 1 aromatic heterocycles. The molecule has 0 bridgehead atoms. The van der Waals surface area contributed by atoms with E-state index in [2.05, 4.69) is 9.48 Å². The normalized spacial score (nSPS) is 19.3. The molecular formula is C11H19N3O4S3. The summed E-state index contributed by atoms with van der Waals surface area (Å²) in [5.74, 6) is 0. The van der Waals surface area contributed by atoms with E-state index in [-0.39, 0.29) is 0 Å². The van der Waals surface area contributed by atoms with Crippen LogP contribution >= 0.6 is 20.7 Å². The third-order valence-corrected chi connectivity index (χ3v) is 5.61. The van der Waals surface area contributed by atoms with Crippen LogP contribution in [0.2, 0.25) is 0 Å². The molecule has 2 saturated heterocycles. The van der Waals surface area contributed by atoms with Crippen LogP contribution in [0.3, 0.4) is 0 Å². The third-order valence-electron chi connectivity index (χ3n) is 3.39. The Bertz CT molecular complexity index is 601. The van der Waals surface area contributed by atoms with Crippen molar-refractivity contribution in [2.45, 2.75) is 32.1 Å². The van der Waals surface area contributed by atoms with E-state index in [4.69, 9.17) is 22.5 Å². The highest BCUT2D eigenvalue weighted by Gasteiger charge is 2.21. The quantitative estimate of drug-likeness (QED) is 0.347. The van der Waals surface area contributed by atoms with Gasteiger partial charge in [0.25, 0.3) is 0 Å². The summed E-state index contributed by atoms with van der Waals surface area (Å²) in [5, 5.41) is 1.25. The molecule has 0 spiro atoms. The van der Waals surface area contributed by atoms with Crippen LogP contribution in [-0.4, -0.2) is 48.7 Å². The van der Waals surface area contributed by atoms with E-state index in [0.29, 0.717) is 0 Å². The lowest BCUT2D eigenvalue weighted by molar-refractivity contribution is 0.366. The van der Waals surface area contributed by atoms with Gasteiger partial charge in [0, 0.05) is 28.4 Å². The zero-order valence-corrected chi connectivity index (χ0v) is 14.1. The van der Waals surface area contributed by atoms with E-state index in [1.165, 1.54) is 68.2 Å². The molecule has 1 N–H and O–H groups in total. The lowest BCUT2D eigenvalue weighted by Crippen LogP contribution is -2.34. The summed E-state index contributed by atoms with van der Waals surface area (Å²) in [7, 11) is -1.20. The Morgan fingerprint density at radius 1 is 1.10 bits per heavy atom. The molecule has 0 unspecified atom stereocenters. The lowest BCUT2D eigenvalue weighted by Gasteiger charge is -2.10. The van der Waals surface area contributed by atoms with Crippen molar-refractivity contribution in [3.63, 3.8) is 0 Å². The number of nitrogens with zero attached hydrogens (tertiary/aromatic N) is 3. The molecule has 0 amide bonds. The molecule has 0 atom stereocenters. The van der Waals surface area contributed by atoms with Gasteiger partial charge in [-0.2, -0.15) is 0 Å². The number of hydrogen-bond acceptors (Lipinski definition) is 7. The second-order valence-electron chi connectivity index (χ2n) is 5.01. The van der Waals surface area contributed by atoms with Gasteiger partial charge in [-0.1, -0.05) is 0 Å². The van der Waals surface area contributed by atoms with Crippen LogP contribution in [0.25, 0.3) is 0 Å². The monoisotopic (exact) mass is 353 g/mol. The fourth-order valence-corrected chi connectivity index (χ4v) is 4.77. The number of anilines is 1. The van der Waals surface area contributed by atoms with E-state index < -0.39 is 10.4 Å². The first-order chi connectivity index (χ1) is 9.93. The van der Waals surface area contributed by atoms with Crippen molar-refractivity contribution >= 4 is 36.2 Å². The maximum atomic E-state index is 8.63. The second-order valence-corrected chi connectivity index (χ2v) is 7.93. The van der Waals surface area contributed by atoms with Crippen molar-refractivity contribution in [2.75, 3.05) is 31.1 Å². The van der Waals surface area contributed by atoms with Gasteiger partial charge in [0.1, 0.15) is 0 Å². The van der Waals surface area contributed by atoms with E-state index in [9.17, 15) is 0 Å². The van der Waals surface area contributed by atoms with Gasteiger partial charge in [-0.05, 0) is 42.4 Å². The van der Waals surface area contributed by atoms with E-state index in [0.717, 1.165) is 0 Å². The lowest BCUT2D eigenvalue weighted by atomic mass is 10.2. The Morgan fingerprint density at radius 2 is 1.67 bits per heavy atom. The van der Waals surface area contributed by atoms with Gasteiger partial charge in [-0.15, -0.1) is 0 Å². The maximum absolute atomic E-state index is 8.63. The molecular weight excluding hydrogens is 334 g/mol.